The summed E-state index contributed by atoms with van der Waals surface area (Å²) in [5, 5.41) is 11.0. The molecular formula is C22H23NO10S. The smallest absolute Gasteiger partial charge is 0.303 e. The number of esters is 2. The Labute approximate surface area is 195 Å². The molecule has 0 radical (unpaired) electrons. The van der Waals surface area contributed by atoms with Gasteiger partial charge in [-0.1, -0.05) is 17.7 Å². The van der Waals surface area contributed by atoms with Crippen LogP contribution in [0.3, 0.4) is 0 Å². The molecule has 0 spiro atoms. The van der Waals surface area contributed by atoms with E-state index >= 15 is 0 Å². The lowest BCUT2D eigenvalue weighted by molar-refractivity contribution is -0.384. The van der Waals surface area contributed by atoms with Crippen LogP contribution in [0.2, 0.25) is 0 Å². The van der Waals surface area contributed by atoms with Gasteiger partial charge < -0.3 is 14.2 Å². The quantitative estimate of drug-likeness (QED) is 0.232. The highest BCUT2D eigenvalue weighted by molar-refractivity contribution is 7.86. The van der Waals surface area contributed by atoms with Crippen molar-refractivity contribution in [1.82, 2.24) is 0 Å². The Bertz CT molecular complexity index is 1160. The number of non-ortho nitro benzene ring substituents is 1. The fourth-order valence-electron chi connectivity index (χ4n) is 3.50. The van der Waals surface area contributed by atoms with E-state index in [2.05, 4.69) is 0 Å². The molecule has 34 heavy (non-hydrogen) atoms. The van der Waals surface area contributed by atoms with E-state index < -0.39 is 58.0 Å². The van der Waals surface area contributed by atoms with E-state index in [4.69, 9.17) is 18.4 Å². The monoisotopic (exact) mass is 493 g/mol. The summed E-state index contributed by atoms with van der Waals surface area (Å²) < 4.78 is 47.0. The third-order valence-electron chi connectivity index (χ3n) is 5.04. The Kier molecular flexibility index (Phi) is 7.64. The molecule has 0 amide bonds. The minimum atomic E-state index is -4.16. The van der Waals surface area contributed by atoms with Crippen LogP contribution in [-0.4, -0.2) is 50.2 Å². The molecule has 1 fully saturated rings. The number of aryl methyl sites for hydroxylation is 1. The van der Waals surface area contributed by atoms with Crippen LogP contribution in [0.1, 0.15) is 31.1 Å². The number of carbonyl (C=O) groups is 2. The Morgan fingerprint density at radius 3 is 2.06 bits per heavy atom. The molecule has 1 saturated heterocycles. The van der Waals surface area contributed by atoms with Crippen LogP contribution >= 0.6 is 0 Å². The average molecular weight is 493 g/mol. The predicted molar refractivity (Wildman–Crippen MR) is 116 cm³/mol. The van der Waals surface area contributed by atoms with Gasteiger partial charge in [-0.25, -0.2) is 0 Å². The lowest BCUT2D eigenvalue weighted by atomic mass is 10.0. The summed E-state index contributed by atoms with van der Waals surface area (Å²) in [5.74, 6) is -1.40. The largest absolute Gasteiger partial charge is 0.456 e. The molecule has 0 aromatic heterocycles. The molecule has 11 nitrogen and oxygen atoms in total. The molecule has 182 valence electrons. The highest BCUT2D eigenvalue weighted by Gasteiger charge is 2.50. The summed E-state index contributed by atoms with van der Waals surface area (Å²) in [6, 6.07) is 11.3. The van der Waals surface area contributed by atoms with Crippen LogP contribution in [-0.2, 0) is 38.1 Å². The molecule has 0 aliphatic carbocycles. The maximum atomic E-state index is 12.6. The first-order valence-corrected chi connectivity index (χ1v) is 11.6. The van der Waals surface area contributed by atoms with E-state index in [-0.39, 0.29) is 10.6 Å². The van der Waals surface area contributed by atoms with E-state index in [9.17, 15) is 28.1 Å². The molecule has 12 heteroatoms. The second-order valence-electron chi connectivity index (χ2n) is 7.64. The number of hydrogen-bond acceptors (Lipinski definition) is 10. The molecule has 0 bridgehead atoms. The van der Waals surface area contributed by atoms with E-state index in [0.717, 1.165) is 19.4 Å². The Morgan fingerprint density at radius 1 is 0.971 bits per heavy atom. The molecule has 1 aliphatic heterocycles. The van der Waals surface area contributed by atoms with Gasteiger partial charge in [-0.2, -0.15) is 8.42 Å². The molecular weight excluding hydrogens is 470 g/mol. The number of nitrogens with zero attached hydrogens (tertiary/aromatic N) is 1. The zero-order chi connectivity index (χ0) is 25.0. The van der Waals surface area contributed by atoms with Gasteiger partial charge in [0.25, 0.3) is 15.8 Å². The normalized spacial score (nSPS) is 22.2. The highest BCUT2D eigenvalue weighted by Crippen LogP contribution is 2.38. The maximum absolute atomic E-state index is 12.6. The lowest BCUT2D eigenvalue weighted by Crippen LogP contribution is -2.40. The van der Waals surface area contributed by atoms with Crippen LogP contribution in [0.25, 0.3) is 0 Å². The molecule has 4 atom stereocenters. The lowest BCUT2D eigenvalue weighted by Gasteiger charge is -2.23. The van der Waals surface area contributed by atoms with Crippen molar-refractivity contribution in [2.45, 2.75) is 50.1 Å². The predicted octanol–water partition coefficient (Wildman–Crippen LogP) is 2.61. The summed E-state index contributed by atoms with van der Waals surface area (Å²) in [6.07, 6.45) is -4.44. The fraction of sp³-hybridized carbons (Fsp3) is 0.364. The summed E-state index contributed by atoms with van der Waals surface area (Å²) in [6.45, 7) is 3.57. The van der Waals surface area contributed by atoms with E-state index in [1.807, 2.05) is 0 Å². The van der Waals surface area contributed by atoms with Crippen LogP contribution in [0.5, 0.6) is 0 Å². The molecule has 4 unspecified atom stereocenters. The zero-order valence-electron chi connectivity index (χ0n) is 18.6. The standard InChI is InChI=1S/C22H23NO10S/c1-13-4-10-18(11-5-13)34(28,29)30-12-19-21(31-14(2)24)22(32-15(3)25)20(33-19)16-6-8-17(9-7-16)23(26)27/h4-11,19-22H,12H2,1-3H3. The summed E-state index contributed by atoms with van der Waals surface area (Å²) in [4.78, 5) is 33.8. The molecule has 0 N–H and O–H groups in total. The van der Waals surface area contributed by atoms with Crippen molar-refractivity contribution < 1.29 is 41.3 Å². The number of carbonyl (C=O) groups excluding carboxylic acids is 2. The topological polar surface area (TPSA) is 148 Å². The summed E-state index contributed by atoms with van der Waals surface area (Å²) in [7, 11) is -4.16. The van der Waals surface area contributed by atoms with E-state index in [0.29, 0.717) is 5.56 Å². The first-order valence-electron chi connectivity index (χ1n) is 10.2. The minimum Gasteiger partial charge on any atom is -0.456 e. The molecule has 0 saturated carbocycles. The summed E-state index contributed by atoms with van der Waals surface area (Å²) >= 11 is 0. The molecule has 3 rings (SSSR count). The van der Waals surface area contributed by atoms with Gasteiger partial charge in [0.05, 0.1) is 16.4 Å². The SMILES string of the molecule is CC(=O)OC1C(COS(=O)(=O)c2ccc(C)cc2)OC(c2ccc([N+](=O)[O-])cc2)C1OC(C)=O. The van der Waals surface area contributed by atoms with Gasteiger partial charge in [0.2, 0.25) is 0 Å². The van der Waals surface area contributed by atoms with Crippen molar-refractivity contribution in [1.29, 1.82) is 0 Å². The van der Waals surface area contributed by atoms with Crippen LogP contribution in [0.15, 0.2) is 53.4 Å². The third kappa shape index (κ3) is 5.95. The average Bonchev–Trinajstić information content (AvgIpc) is 3.08. The van der Waals surface area contributed by atoms with Crippen molar-refractivity contribution >= 4 is 27.7 Å². The summed E-state index contributed by atoms with van der Waals surface area (Å²) in [5.41, 5.74) is 1.10. The maximum Gasteiger partial charge on any atom is 0.303 e. The van der Waals surface area contributed by atoms with Gasteiger partial charge in [0.1, 0.15) is 12.2 Å². The first kappa shape index (κ1) is 25.3. The second-order valence-corrected chi connectivity index (χ2v) is 9.26. The second kappa shape index (κ2) is 10.3. The Morgan fingerprint density at radius 2 is 1.53 bits per heavy atom. The minimum absolute atomic E-state index is 0.0661. The first-order chi connectivity index (χ1) is 16.0. The highest BCUT2D eigenvalue weighted by atomic mass is 32.2. The van der Waals surface area contributed by atoms with Crippen molar-refractivity contribution in [2.75, 3.05) is 6.61 Å². The van der Waals surface area contributed by atoms with Gasteiger partial charge in [0, 0.05) is 26.0 Å². The van der Waals surface area contributed by atoms with Gasteiger partial charge in [-0.15, -0.1) is 0 Å². The molecule has 1 heterocycles. The molecule has 2 aromatic rings. The number of ether oxygens (including phenoxy) is 3. The van der Waals surface area contributed by atoms with Crippen LogP contribution in [0.4, 0.5) is 5.69 Å². The fourth-order valence-corrected chi connectivity index (χ4v) is 4.42. The number of benzene rings is 2. The number of rotatable bonds is 8. The van der Waals surface area contributed by atoms with Gasteiger partial charge in [0.15, 0.2) is 12.2 Å². The number of nitro groups is 1. The van der Waals surface area contributed by atoms with Crippen molar-refractivity contribution in [3.8, 4) is 0 Å². The van der Waals surface area contributed by atoms with Crippen LogP contribution in [0, 0.1) is 17.0 Å². The van der Waals surface area contributed by atoms with Gasteiger partial charge in [-0.3, -0.25) is 23.9 Å². The zero-order valence-corrected chi connectivity index (χ0v) is 19.4. The van der Waals surface area contributed by atoms with Crippen molar-refractivity contribution in [3.63, 3.8) is 0 Å². The van der Waals surface area contributed by atoms with Gasteiger partial charge in [-0.05, 0) is 36.8 Å². The van der Waals surface area contributed by atoms with Crippen molar-refractivity contribution in [3.05, 3.63) is 69.8 Å². The Balaban J connectivity index is 1.88. The third-order valence-corrected chi connectivity index (χ3v) is 6.34. The number of nitro benzene ring substituents is 1. The van der Waals surface area contributed by atoms with Gasteiger partial charge >= 0.3 is 11.9 Å². The molecule has 2 aromatic carbocycles. The van der Waals surface area contributed by atoms with Crippen LogP contribution < -0.4 is 0 Å². The van der Waals surface area contributed by atoms with Crippen molar-refractivity contribution in [2.24, 2.45) is 0 Å². The molecule has 1 aliphatic rings. The van der Waals surface area contributed by atoms with E-state index in [1.54, 1.807) is 19.1 Å². The Hall–Kier alpha value is -3.35. The van der Waals surface area contributed by atoms with E-state index in [1.165, 1.54) is 36.4 Å². The number of hydrogen-bond donors (Lipinski definition) is 0.